The lowest BCUT2D eigenvalue weighted by Gasteiger charge is -2.13. The molecule has 2 heteroatoms. The molecule has 3 aromatic rings. The van der Waals surface area contributed by atoms with Gasteiger partial charge in [-0.25, -0.2) is 0 Å². The van der Waals surface area contributed by atoms with Crippen molar-refractivity contribution in [3.8, 4) is 34.1 Å². The second-order valence-corrected chi connectivity index (χ2v) is 4.73. The summed E-state index contributed by atoms with van der Waals surface area (Å²) in [7, 11) is 0. The highest BCUT2D eigenvalue weighted by Gasteiger charge is 2.15. The van der Waals surface area contributed by atoms with E-state index in [4.69, 9.17) is 5.26 Å². The Bertz CT molecular complexity index is 802. The summed E-state index contributed by atoms with van der Waals surface area (Å²) < 4.78 is 0. The van der Waals surface area contributed by atoms with E-state index in [1.807, 2.05) is 72.8 Å². The first-order chi connectivity index (χ1) is 10.3. The fourth-order valence-corrected chi connectivity index (χ4v) is 2.44. The van der Waals surface area contributed by atoms with Crippen molar-refractivity contribution in [2.24, 2.45) is 0 Å². The molecule has 21 heavy (non-hydrogen) atoms. The summed E-state index contributed by atoms with van der Waals surface area (Å²) in [6.45, 7) is 0. The molecule has 0 amide bonds. The highest BCUT2D eigenvalue weighted by molar-refractivity contribution is 5.89. The number of aromatic hydroxyl groups is 1. The van der Waals surface area contributed by atoms with Gasteiger partial charge in [0.05, 0.1) is 5.56 Å². The summed E-state index contributed by atoms with van der Waals surface area (Å²) in [6, 6.07) is 25.1. The molecule has 0 aliphatic heterocycles. The highest BCUT2D eigenvalue weighted by Crippen LogP contribution is 2.40. The van der Waals surface area contributed by atoms with Gasteiger partial charge in [0, 0.05) is 5.56 Å². The Labute approximate surface area is 123 Å². The van der Waals surface area contributed by atoms with E-state index < -0.39 is 0 Å². The molecule has 0 aliphatic rings. The Kier molecular flexibility index (Phi) is 3.41. The number of hydrogen-bond donors (Lipinski definition) is 1. The summed E-state index contributed by atoms with van der Waals surface area (Å²) in [6.07, 6.45) is 0. The van der Waals surface area contributed by atoms with Gasteiger partial charge in [0.25, 0.3) is 0 Å². The van der Waals surface area contributed by atoms with Gasteiger partial charge in [-0.15, -0.1) is 0 Å². The molecule has 0 aromatic heterocycles. The van der Waals surface area contributed by atoms with E-state index in [0.717, 1.165) is 16.7 Å². The number of benzene rings is 3. The van der Waals surface area contributed by atoms with Crippen LogP contribution in [0.25, 0.3) is 22.3 Å². The van der Waals surface area contributed by atoms with Crippen molar-refractivity contribution in [2.75, 3.05) is 0 Å². The molecular formula is C19H13NO. The van der Waals surface area contributed by atoms with Crippen molar-refractivity contribution >= 4 is 0 Å². The molecule has 0 saturated carbocycles. The van der Waals surface area contributed by atoms with Gasteiger partial charge in [-0.2, -0.15) is 5.26 Å². The van der Waals surface area contributed by atoms with Gasteiger partial charge in [-0.05, 0) is 22.8 Å². The molecule has 2 nitrogen and oxygen atoms in total. The van der Waals surface area contributed by atoms with Crippen LogP contribution in [0.4, 0.5) is 0 Å². The van der Waals surface area contributed by atoms with E-state index in [2.05, 4.69) is 0 Å². The average Bonchev–Trinajstić information content (AvgIpc) is 2.56. The van der Waals surface area contributed by atoms with Crippen molar-refractivity contribution in [1.29, 1.82) is 5.26 Å². The molecule has 3 aromatic carbocycles. The van der Waals surface area contributed by atoms with Crippen LogP contribution in [0.3, 0.4) is 0 Å². The van der Waals surface area contributed by atoms with Crippen LogP contribution in [0, 0.1) is 11.3 Å². The molecule has 0 unspecified atom stereocenters. The van der Waals surface area contributed by atoms with Crippen molar-refractivity contribution in [1.82, 2.24) is 0 Å². The van der Waals surface area contributed by atoms with Crippen LogP contribution in [0.2, 0.25) is 0 Å². The van der Waals surface area contributed by atoms with Gasteiger partial charge in [-0.3, -0.25) is 0 Å². The lowest BCUT2D eigenvalue weighted by molar-refractivity contribution is 0.476. The molecule has 0 spiro atoms. The van der Waals surface area contributed by atoms with Crippen LogP contribution in [0.5, 0.6) is 5.75 Å². The number of nitrogens with zero attached hydrogens (tertiary/aromatic N) is 1. The molecule has 3 rings (SSSR count). The van der Waals surface area contributed by atoms with Crippen LogP contribution < -0.4 is 0 Å². The largest absolute Gasteiger partial charge is 0.506 e. The molecule has 0 saturated heterocycles. The van der Waals surface area contributed by atoms with Crippen LogP contribution in [0.1, 0.15) is 5.56 Å². The Morgan fingerprint density at radius 3 is 1.86 bits per heavy atom. The van der Waals surface area contributed by atoms with Gasteiger partial charge >= 0.3 is 0 Å². The summed E-state index contributed by atoms with van der Waals surface area (Å²) in [5.41, 5.74) is 3.80. The molecular weight excluding hydrogens is 258 g/mol. The first-order valence-corrected chi connectivity index (χ1v) is 6.68. The number of hydrogen-bond acceptors (Lipinski definition) is 2. The molecule has 0 fully saturated rings. The van der Waals surface area contributed by atoms with Crippen LogP contribution >= 0.6 is 0 Å². The van der Waals surface area contributed by atoms with Gasteiger partial charge in [0.1, 0.15) is 11.8 Å². The summed E-state index contributed by atoms with van der Waals surface area (Å²) in [5.74, 6) is 0.0325. The Morgan fingerprint density at radius 1 is 0.714 bits per heavy atom. The molecule has 0 atom stereocenters. The predicted molar refractivity (Wildman–Crippen MR) is 83.7 cm³/mol. The zero-order valence-corrected chi connectivity index (χ0v) is 11.3. The smallest absolute Gasteiger partial charge is 0.141 e. The number of nitriles is 1. The molecule has 0 bridgehead atoms. The molecule has 0 heterocycles. The second-order valence-electron chi connectivity index (χ2n) is 4.73. The zero-order valence-electron chi connectivity index (χ0n) is 11.3. The van der Waals surface area contributed by atoms with E-state index in [1.54, 1.807) is 6.07 Å². The van der Waals surface area contributed by atoms with E-state index >= 15 is 0 Å². The van der Waals surface area contributed by atoms with E-state index in [0.29, 0.717) is 5.56 Å². The lowest BCUT2D eigenvalue weighted by Crippen LogP contribution is -1.89. The third kappa shape index (κ3) is 2.37. The first kappa shape index (κ1) is 13.0. The minimum atomic E-state index is 0.0325. The van der Waals surface area contributed by atoms with Crippen molar-refractivity contribution in [3.05, 3.63) is 78.4 Å². The number of rotatable bonds is 2. The molecule has 0 radical (unpaired) electrons. The third-order valence-electron chi connectivity index (χ3n) is 3.45. The van der Waals surface area contributed by atoms with Gasteiger partial charge in [-0.1, -0.05) is 66.7 Å². The quantitative estimate of drug-likeness (QED) is 0.740. The summed E-state index contributed by atoms with van der Waals surface area (Å²) in [5, 5.41) is 19.6. The van der Waals surface area contributed by atoms with Crippen LogP contribution in [0.15, 0.2) is 72.8 Å². The molecule has 0 aliphatic carbocycles. The first-order valence-electron chi connectivity index (χ1n) is 6.68. The Morgan fingerprint density at radius 2 is 1.29 bits per heavy atom. The van der Waals surface area contributed by atoms with Crippen LogP contribution in [-0.2, 0) is 0 Å². The topological polar surface area (TPSA) is 44.0 Å². The van der Waals surface area contributed by atoms with Crippen LogP contribution in [-0.4, -0.2) is 5.11 Å². The predicted octanol–water partition coefficient (Wildman–Crippen LogP) is 4.60. The number of phenols is 1. The van der Waals surface area contributed by atoms with Crippen molar-refractivity contribution in [3.63, 3.8) is 0 Å². The Balaban J connectivity index is 2.32. The zero-order chi connectivity index (χ0) is 14.7. The van der Waals surface area contributed by atoms with Crippen molar-refractivity contribution < 1.29 is 5.11 Å². The SMILES string of the molecule is N#Cc1ccc(-c2ccccc2)c(-c2ccccc2)c1O. The minimum Gasteiger partial charge on any atom is -0.506 e. The summed E-state index contributed by atoms with van der Waals surface area (Å²) >= 11 is 0. The fourth-order valence-electron chi connectivity index (χ4n) is 2.44. The van der Waals surface area contributed by atoms with Gasteiger partial charge in [0.2, 0.25) is 0 Å². The van der Waals surface area contributed by atoms with E-state index in [1.165, 1.54) is 0 Å². The summed E-state index contributed by atoms with van der Waals surface area (Å²) in [4.78, 5) is 0. The van der Waals surface area contributed by atoms with E-state index in [9.17, 15) is 5.11 Å². The molecule has 1 N–H and O–H groups in total. The maximum absolute atomic E-state index is 10.5. The van der Waals surface area contributed by atoms with Gasteiger partial charge in [0.15, 0.2) is 0 Å². The maximum atomic E-state index is 10.5. The average molecular weight is 271 g/mol. The molecule has 100 valence electrons. The lowest BCUT2D eigenvalue weighted by atomic mass is 9.92. The fraction of sp³-hybridized carbons (Fsp3) is 0. The number of phenolic OH excluding ortho intramolecular Hbond substituents is 1. The third-order valence-corrected chi connectivity index (χ3v) is 3.45. The van der Waals surface area contributed by atoms with Gasteiger partial charge < -0.3 is 5.11 Å². The standard InChI is InChI=1S/C19H13NO/c20-13-16-11-12-17(14-7-3-1-4-8-14)18(19(16)21)15-9-5-2-6-10-15/h1-12,21H. The van der Waals surface area contributed by atoms with Crippen molar-refractivity contribution in [2.45, 2.75) is 0 Å². The normalized spacial score (nSPS) is 10.0. The maximum Gasteiger partial charge on any atom is 0.141 e. The second kappa shape index (κ2) is 5.52. The Hall–Kier alpha value is -3.05. The van der Waals surface area contributed by atoms with E-state index in [-0.39, 0.29) is 11.3 Å². The highest BCUT2D eigenvalue weighted by atomic mass is 16.3. The minimum absolute atomic E-state index is 0.0325. The monoisotopic (exact) mass is 271 g/mol.